The Kier molecular flexibility index (Phi) is 7.51. The van der Waals surface area contributed by atoms with E-state index in [1.807, 2.05) is 0 Å². The minimum atomic E-state index is 0.489. The summed E-state index contributed by atoms with van der Waals surface area (Å²) in [5, 5.41) is 8.08. The number of nitrogens with one attached hydrogen (secondary N) is 2. The predicted octanol–water partition coefficient (Wildman–Crippen LogP) is 7.70. The second kappa shape index (κ2) is 10.1. The van der Waals surface area contributed by atoms with Gasteiger partial charge in [-0.15, -0.1) is 11.8 Å². The zero-order chi connectivity index (χ0) is 19.1. The highest BCUT2D eigenvalue weighted by atomic mass is 32.2. The van der Waals surface area contributed by atoms with Crippen LogP contribution in [0.2, 0.25) is 0 Å². The van der Waals surface area contributed by atoms with Crippen molar-refractivity contribution in [3.05, 3.63) is 48.5 Å². The van der Waals surface area contributed by atoms with Crippen molar-refractivity contribution in [3.63, 3.8) is 0 Å². The van der Waals surface area contributed by atoms with Crippen molar-refractivity contribution in [2.75, 3.05) is 10.6 Å². The summed E-state index contributed by atoms with van der Waals surface area (Å²) in [7, 11) is 0. The van der Waals surface area contributed by atoms with Crippen molar-refractivity contribution < 1.29 is 0 Å². The van der Waals surface area contributed by atoms with Crippen LogP contribution in [0, 0.1) is 5.92 Å². The number of thioether (sulfide) groups is 1. The van der Waals surface area contributed by atoms with Gasteiger partial charge in [0.15, 0.2) is 0 Å². The second-order valence-corrected chi connectivity index (χ2v) is 9.60. The van der Waals surface area contributed by atoms with E-state index in [2.05, 4.69) is 91.7 Å². The molecule has 1 fully saturated rings. The second-order valence-electron chi connectivity index (χ2n) is 8.25. The third-order valence-electron chi connectivity index (χ3n) is 5.12. The Labute approximate surface area is 169 Å². The summed E-state index contributed by atoms with van der Waals surface area (Å²) in [6, 6.07) is 17.7. The summed E-state index contributed by atoms with van der Waals surface area (Å²) >= 11 is 2.07. The van der Waals surface area contributed by atoms with Crippen molar-refractivity contribution in [1.29, 1.82) is 0 Å². The molecule has 2 aromatic carbocycles. The number of rotatable bonds is 8. The topological polar surface area (TPSA) is 24.1 Å². The normalized spacial score (nSPS) is 16.3. The molecule has 0 aliphatic heterocycles. The van der Waals surface area contributed by atoms with Crippen molar-refractivity contribution in [2.45, 2.75) is 75.5 Å². The highest BCUT2D eigenvalue weighted by molar-refractivity contribution is 8.00. The van der Waals surface area contributed by atoms with E-state index in [-0.39, 0.29) is 0 Å². The molecule has 2 aromatic rings. The SMILES string of the molecule is CC(C)CC(C)Nc1ccc(Nc2ccccc2)cc1SC1CCCCC1. The molecular weight excluding hydrogens is 348 g/mol. The van der Waals surface area contributed by atoms with Gasteiger partial charge in [-0.1, -0.05) is 51.3 Å². The number of anilines is 3. The minimum absolute atomic E-state index is 0.489. The Morgan fingerprint density at radius 2 is 1.67 bits per heavy atom. The van der Waals surface area contributed by atoms with E-state index in [4.69, 9.17) is 0 Å². The van der Waals surface area contributed by atoms with Crippen LogP contribution in [0.3, 0.4) is 0 Å². The number of para-hydroxylation sites is 1. The van der Waals surface area contributed by atoms with E-state index in [0.29, 0.717) is 12.0 Å². The molecule has 1 aliphatic rings. The van der Waals surface area contributed by atoms with E-state index in [1.54, 1.807) is 0 Å². The van der Waals surface area contributed by atoms with Gasteiger partial charge in [0.1, 0.15) is 0 Å². The molecule has 0 spiro atoms. The van der Waals surface area contributed by atoms with Crippen LogP contribution in [0.25, 0.3) is 0 Å². The molecule has 1 saturated carbocycles. The molecular formula is C24H34N2S. The summed E-state index contributed by atoms with van der Waals surface area (Å²) in [6.45, 7) is 6.89. The molecule has 1 unspecified atom stereocenters. The van der Waals surface area contributed by atoms with Gasteiger partial charge >= 0.3 is 0 Å². The Morgan fingerprint density at radius 1 is 0.926 bits per heavy atom. The van der Waals surface area contributed by atoms with Gasteiger partial charge in [0, 0.05) is 33.2 Å². The lowest BCUT2D eigenvalue weighted by Gasteiger charge is -2.25. The van der Waals surface area contributed by atoms with Crippen molar-refractivity contribution in [3.8, 4) is 0 Å². The largest absolute Gasteiger partial charge is 0.382 e. The Bertz CT molecular complexity index is 693. The summed E-state index contributed by atoms with van der Waals surface area (Å²) in [5.74, 6) is 0.709. The monoisotopic (exact) mass is 382 g/mol. The molecule has 146 valence electrons. The van der Waals surface area contributed by atoms with E-state index < -0.39 is 0 Å². The average Bonchev–Trinajstić information content (AvgIpc) is 2.65. The highest BCUT2D eigenvalue weighted by Gasteiger charge is 2.17. The molecule has 0 heterocycles. The molecule has 3 rings (SSSR count). The van der Waals surface area contributed by atoms with E-state index in [1.165, 1.54) is 54.8 Å². The Morgan fingerprint density at radius 3 is 2.37 bits per heavy atom. The first kappa shape index (κ1) is 20.1. The van der Waals surface area contributed by atoms with Crippen LogP contribution in [0.15, 0.2) is 53.4 Å². The van der Waals surface area contributed by atoms with Crippen molar-refractivity contribution in [2.24, 2.45) is 5.92 Å². The third-order valence-corrected chi connectivity index (χ3v) is 6.51. The maximum Gasteiger partial charge on any atom is 0.0482 e. The molecule has 0 saturated heterocycles. The first-order chi connectivity index (χ1) is 13.1. The molecule has 27 heavy (non-hydrogen) atoms. The quantitative estimate of drug-likeness (QED) is 0.489. The summed E-state index contributed by atoms with van der Waals surface area (Å²) in [6.07, 6.45) is 8.06. The lowest BCUT2D eigenvalue weighted by atomic mass is 10.0. The third kappa shape index (κ3) is 6.49. The lowest BCUT2D eigenvalue weighted by molar-refractivity contribution is 0.516. The molecule has 2 nitrogen and oxygen atoms in total. The molecule has 3 heteroatoms. The summed E-state index contributed by atoms with van der Waals surface area (Å²) in [5.41, 5.74) is 3.60. The first-order valence-corrected chi connectivity index (χ1v) is 11.4. The van der Waals surface area contributed by atoms with E-state index in [0.717, 1.165) is 10.9 Å². The first-order valence-electron chi connectivity index (χ1n) is 10.5. The van der Waals surface area contributed by atoms with Crippen molar-refractivity contribution in [1.82, 2.24) is 0 Å². The molecule has 0 aromatic heterocycles. The van der Waals surface area contributed by atoms with Crippen LogP contribution in [0.1, 0.15) is 59.3 Å². The van der Waals surface area contributed by atoms with Gasteiger partial charge in [0.05, 0.1) is 0 Å². The number of benzene rings is 2. The van der Waals surface area contributed by atoms with Gasteiger partial charge in [-0.2, -0.15) is 0 Å². The van der Waals surface area contributed by atoms with Gasteiger partial charge in [-0.3, -0.25) is 0 Å². The van der Waals surface area contributed by atoms with Crippen LogP contribution in [0.5, 0.6) is 0 Å². The fourth-order valence-corrected chi connectivity index (χ4v) is 5.28. The Hall–Kier alpha value is -1.61. The van der Waals surface area contributed by atoms with Gasteiger partial charge in [0.25, 0.3) is 0 Å². The average molecular weight is 383 g/mol. The zero-order valence-electron chi connectivity index (χ0n) is 17.0. The van der Waals surface area contributed by atoms with Crippen molar-refractivity contribution >= 4 is 28.8 Å². The molecule has 0 bridgehead atoms. The van der Waals surface area contributed by atoms with Crippen LogP contribution < -0.4 is 10.6 Å². The predicted molar refractivity (Wildman–Crippen MR) is 121 cm³/mol. The van der Waals surface area contributed by atoms with E-state index >= 15 is 0 Å². The standard InChI is InChI=1S/C24H34N2S/c1-18(2)16-19(3)25-23-15-14-21(26-20-10-6-4-7-11-20)17-24(23)27-22-12-8-5-9-13-22/h4,6-7,10-11,14-15,17-19,22,25-26H,5,8-9,12-13,16H2,1-3H3. The summed E-state index contributed by atoms with van der Waals surface area (Å²) < 4.78 is 0. The van der Waals surface area contributed by atoms with Crippen LogP contribution in [-0.2, 0) is 0 Å². The molecule has 1 atom stereocenters. The number of hydrogen-bond acceptors (Lipinski definition) is 3. The lowest BCUT2D eigenvalue weighted by Crippen LogP contribution is -2.18. The Balaban J connectivity index is 1.77. The van der Waals surface area contributed by atoms with E-state index in [9.17, 15) is 0 Å². The maximum atomic E-state index is 3.77. The van der Waals surface area contributed by atoms with Gasteiger partial charge in [0.2, 0.25) is 0 Å². The highest BCUT2D eigenvalue weighted by Crippen LogP contribution is 2.39. The van der Waals surface area contributed by atoms with Gasteiger partial charge in [-0.05, 0) is 62.4 Å². The van der Waals surface area contributed by atoms with Crippen LogP contribution in [-0.4, -0.2) is 11.3 Å². The van der Waals surface area contributed by atoms with Crippen LogP contribution in [0.4, 0.5) is 17.1 Å². The zero-order valence-corrected chi connectivity index (χ0v) is 17.8. The molecule has 2 N–H and O–H groups in total. The smallest absolute Gasteiger partial charge is 0.0482 e. The fraction of sp³-hybridized carbons (Fsp3) is 0.500. The fourth-order valence-electron chi connectivity index (χ4n) is 3.90. The molecule has 1 aliphatic carbocycles. The molecule has 0 radical (unpaired) electrons. The maximum absolute atomic E-state index is 3.77. The minimum Gasteiger partial charge on any atom is -0.382 e. The number of hydrogen-bond donors (Lipinski definition) is 2. The molecule has 0 amide bonds. The van der Waals surface area contributed by atoms with Gasteiger partial charge < -0.3 is 10.6 Å². The van der Waals surface area contributed by atoms with Gasteiger partial charge in [-0.25, -0.2) is 0 Å². The summed E-state index contributed by atoms with van der Waals surface area (Å²) in [4.78, 5) is 1.39. The van der Waals surface area contributed by atoms with Crippen LogP contribution >= 0.6 is 11.8 Å².